The van der Waals surface area contributed by atoms with Crippen LogP contribution in [0.5, 0.6) is 0 Å². The van der Waals surface area contributed by atoms with Crippen LogP contribution in [0.4, 0.5) is 17.3 Å². The third kappa shape index (κ3) is 4.33. The van der Waals surface area contributed by atoms with Gasteiger partial charge in [-0.3, -0.25) is 4.79 Å². The van der Waals surface area contributed by atoms with Crippen molar-refractivity contribution in [1.82, 2.24) is 9.97 Å². The van der Waals surface area contributed by atoms with Gasteiger partial charge in [0.15, 0.2) is 0 Å². The predicted molar refractivity (Wildman–Crippen MR) is 110 cm³/mol. The summed E-state index contributed by atoms with van der Waals surface area (Å²) in [4.78, 5) is 21.5. The lowest BCUT2D eigenvalue weighted by molar-refractivity contribution is 0.102. The summed E-state index contributed by atoms with van der Waals surface area (Å²) in [6.07, 6.45) is 0. The Bertz CT molecular complexity index is 1060. The molecule has 28 heavy (non-hydrogen) atoms. The van der Waals surface area contributed by atoms with E-state index in [0.29, 0.717) is 17.2 Å². The summed E-state index contributed by atoms with van der Waals surface area (Å²) in [6.45, 7) is 7.78. The van der Waals surface area contributed by atoms with Gasteiger partial charge >= 0.3 is 0 Å². The molecule has 3 aromatic rings. The molecule has 1 amide bonds. The second-order valence-corrected chi connectivity index (χ2v) is 6.76. The van der Waals surface area contributed by atoms with Gasteiger partial charge in [-0.15, -0.1) is 0 Å². The van der Waals surface area contributed by atoms with E-state index in [-0.39, 0.29) is 11.6 Å². The van der Waals surface area contributed by atoms with Gasteiger partial charge in [-0.25, -0.2) is 9.97 Å². The molecule has 0 saturated heterocycles. The molecule has 1 heterocycles. The lowest BCUT2D eigenvalue weighted by Gasteiger charge is -2.13. The van der Waals surface area contributed by atoms with Crippen molar-refractivity contribution in [1.29, 1.82) is 5.26 Å². The van der Waals surface area contributed by atoms with Crippen molar-refractivity contribution in [2.45, 2.75) is 27.7 Å². The van der Waals surface area contributed by atoms with Crippen LogP contribution in [0.2, 0.25) is 0 Å². The zero-order valence-corrected chi connectivity index (χ0v) is 16.3. The van der Waals surface area contributed by atoms with E-state index < -0.39 is 0 Å². The van der Waals surface area contributed by atoms with Gasteiger partial charge in [0, 0.05) is 17.1 Å². The Labute approximate surface area is 164 Å². The van der Waals surface area contributed by atoms with Crippen molar-refractivity contribution in [3.8, 4) is 6.07 Å². The smallest absolute Gasteiger partial charge is 0.274 e. The van der Waals surface area contributed by atoms with E-state index in [4.69, 9.17) is 5.26 Å². The molecule has 0 fully saturated rings. The number of amides is 1. The average Bonchev–Trinajstić information content (AvgIpc) is 2.64. The highest BCUT2D eigenvalue weighted by molar-refractivity contribution is 6.04. The molecular formula is C22H21N5O. The number of nitrogens with one attached hydrogen (secondary N) is 2. The number of hydrogen-bond acceptors (Lipinski definition) is 5. The molecule has 6 heteroatoms. The van der Waals surface area contributed by atoms with Gasteiger partial charge in [-0.05, 0) is 69.2 Å². The highest BCUT2D eigenvalue weighted by Crippen LogP contribution is 2.23. The first kappa shape index (κ1) is 19.1. The van der Waals surface area contributed by atoms with Crippen LogP contribution >= 0.6 is 0 Å². The minimum atomic E-state index is -0.288. The van der Waals surface area contributed by atoms with Crippen molar-refractivity contribution in [3.05, 3.63) is 76.1 Å². The number of aryl methyl sites for hydroxylation is 4. The predicted octanol–water partition coefficient (Wildman–Crippen LogP) is 4.58. The first-order valence-electron chi connectivity index (χ1n) is 8.88. The molecule has 0 spiro atoms. The molecule has 0 bridgehead atoms. The van der Waals surface area contributed by atoms with Crippen molar-refractivity contribution < 1.29 is 4.79 Å². The summed E-state index contributed by atoms with van der Waals surface area (Å²) in [5, 5.41) is 14.9. The van der Waals surface area contributed by atoms with Gasteiger partial charge in [0.1, 0.15) is 5.69 Å². The van der Waals surface area contributed by atoms with E-state index in [1.54, 1.807) is 30.3 Å². The maximum Gasteiger partial charge on any atom is 0.274 e. The summed E-state index contributed by atoms with van der Waals surface area (Å²) in [5.74, 6) is 0.0376. The third-order valence-corrected chi connectivity index (χ3v) is 4.27. The number of rotatable bonds is 4. The Morgan fingerprint density at radius 3 is 2.21 bits per heavy atom. The molecule has 140 valence electrons. The second kappa shape index (κ2) is 7.89. The van der Waals surface area contributed by atoms with Gasteiger partial charge in [-0.2, -0.15) is 5.26 Å². The molecule has 1 aromatic heterocycles. The zero-order valence-electron chi connectivity index (χ0n) is 16.3. The normalized spacial score (nSPS) is 10.2. The molecule has 0 aliphatic carbocycles. The van der Waals surface area contributed by atoms with E-state index in [1.807, 2.05) is 39.8 Å². The van der Waals surface area contributed by atoms with Crippen LogP contribution in [-0.4, -0.2) is 15.9 Å². The largest absolute Gasteiger partial charge is 0.324 e. The molecule has 3 rings (SSSR count). The number of hydrogen-bond donors (Lipinski definition) is 2. The molecular weight excluding hydrogens is 350 g/mol. The minimum Gasteiger partial charge on any atom is -0.324 e. The van der Waals surface area contributed by atoms with Crippen LogP contribution in [0.25, 0.3) is 0 Å². The van der Waals surface area contributed by atoms with Crippen LogP contribution in [0, 0.1) is 39.0 Å². The van der Waals surface area contributed by atoms with E-state index >= 15 is 0 Å². The Kier molecular flexibility index (Phi) is 5.37. The number of carbonyl (C=O) groups is 1. The van der Waals surface area contributed by atoms with Gasteiger partial charge in [0.05, 0.1) is 11.6 Å². The van der Waals surface area contributed by atoms with Gasteiger partial charge < -0.3 is 10.6 Å². The molecule has 0 aliphatic heterocycles. The molecule has 6 nitrogen and oxygen atoms in total. The monoisotopic (exact) mass is 371 g/mol. The molecule has 0 aliphatic rings. The first-order chi connectivity index (χ1) is 13.4. The van der Waals surface area contributed by atoms with Crippen LogP contribution in [0.15, 0.2) is 42.5 Å². The Hall–Kier alpha value is -3.72. The maximum absolute atomic E-state index is 12.8. The molecule has 0 radical (unpaired) electrons. The van der Waals surface area contributed by atoms with E-state index in [0.717, 1.165) is 28.1 Å². The van der Waals surface area contributed by atoms with Crippen LogP contribution < -0.4 is 10.6 Å². The van der Waals surface area contributed by atoms with E-state index in [1.165, 1.54) is 0 Å². The third-order valence-electron chi connectivity index (χ3n) is 4.27. The molecule has 0 saturated carbocycles. The Morgan fingerprint density at radius 1 is 0.964 bits per heavy atom. The highest BCUT2D eigenvalue weighted by atomic mass is 16.1. The summed E-state index contributed by atoms with van der Waals surface area (Å²) in [7, 11) is 0. The lowest BCUT2D eigenvalue weighted by atomic mass is 10.0. The standard InChI is InChI=1S/C22H21N5O/c1-13-9-14(2)20(15(3)10-13)27-21(28)19-11-16(4)24-22(26-19)25-18-7-5-17(12-23)6-8-18/h5-11H,1-4H3,(H,27,28)(H,24,25,26). The Morgan fingerprint density at radius 2 is 1.61 bits per heavy atom. The summed E-state index contributed by atoms with van der Waals surface area (Å²) >= 11 is 0. The number of nitrogens with zero attached hydrogens (tertiary/aromatic N) is 3. The molecule has 2 N–H and O–H groups in total. The lowest BCUT2D eigenvalue weighted by Crippen LogP contribution is -2.17. The van der Waals surface area contributed by atoms with Crippen LogP contribution in [0.1, 0.15) is 38.4 Å². The number of benzene rings is 2. The topological polar surface area (TPSA) is 90.7 Å². The fraction of sp³-hybridized carbons (Fsp3) is 0.182. The summed E-state index contributed by atoms with van der Waals surface area (Å²) < 4.78 is 0. The SMILES string of the molecule is Cc1cc(C)c(NC(=O)c2cc(C)nc(Nc3ccc(C#N)cc3)n2)c(C)c1. The summed E-state index contributed by atoms with van der Waals surface area (Å²) in [6, 6.07) is 14.7. The van der Waals surface area contributed by atoms with E-state index in [9.17, 15) is 4.79 Å². The fourth-order valence-electron chi connectivity index (χ4n) is 3.05. The van der Waals surface area contributed by atoms with E-state index in [2.05, 4.69) is 26.7 Å². The fourth-order valence-corrected chi connectivity index (χ4v) is 3.05. The number of aromatic nitrogens is 2. The Balaban J connectivity index is 1.84. The summed E-state index contributed by atoms with van der Waals surface area (Å²) in [5.41, 5.74) is 6.23. The van der Waals surface area contributed by atoms with Crippen molar-refractivity contribution >= 4 is 23.2 Å². The van der Waals surface area contributed by atoms with Gasteiger partial charge in [0.2, 0.25) is 5.95 Å². The van der Waals surface area contributed by atoms with Crippen molar-refractivity contribution in [3.63, 3.8) is 0 Å². The minimum absolute atomic E-state index is 0.281. The molecule has 0 atom stereocenters. The zero-order chi connectivity index (χ0) is 20.3. The van der Waals surface area contributed by atoms with Crippen molar-refractivity contribution in [2.75, 3.05) is 10.6 Å². The van der Waals surface area contributed by atoms with Crippen LogP contribution in [0.3, 0.4) is 0 Å². The quantitative estimate of drug-likeness (QED) is 0.700. The van der Waals surface area contributed by atoms with Crippen molar-refractivity contribution in [2.24, 2.45) is 0 Å². The van der Waals surface area contributed by atoms with Crippen LogP contribution in [-0.2, 0) is 0 Å². The highest BCUT2D eigenvalue weighted by Gasteiger charge is 2.14. The second-order valence-electron chi connectivity index (χ2n) is 6.76. The van der Waals surface area contributed by atoms with Gasteiger partial charge in [0.25, 0.3) is 5.91 Å². The van der Waals surface area contributed by atoms with Gasteiger partial charge in [-0.1, -0.05) is 17.7 Å². The molecule has 2 aromatic carbocycles. The number of carbonyl (C=O) groups excluding carboxylic acids is 1. The number of nitriles is 1. The average molecular weight is 371 g/mol. The number of anilines is 3. The first-order valence-corrected chi connectivity index (χ1v) is 8.88. The maximum atomic E-state index is 12.8. The molecule has 0 unspecified atom stereocenters.